The lowest BCUT2D eigenvalue weighted by atomic mass is 9.99. The first kappa shape index (κ1) is 48.8. The largest absolute Gasteiger partial charge is 0.518 e. The molecule has 0 aromatic carbocycles. The molecule has 5 heteroatoms. The number of hydrogen-bond donors (Lipinski definition) is 0. The van der Waals surface area contributed by atoms with Crippen LogP contribution in [0, 0.1) is 0 Å². The van der Waals surface area contributed by atoms with Gasteiger partial charge in [-0.1, -0.05) is 171 Å². The number of allylic oxidation sites excluding steroid dienone is 8. The van der Waals surface area contributed by atoms with Crippen molar-refractivity contribution < 1.29 is 23.8 Å². The van der Waals surface area contributed by atoms with Crippen molar-refractivity contribution in [3.8, 4) is 0 Å². The van der Waals surface area contributed by atoms with Gasteiger partial charge in [0.2, 0.25) is 0 Å². The van der Waals surface area contributed by atoms with Crippen molar-refractivity contribution in [2.24, 2.45) is 0 Å². The maximum Gasteiger partial charge on any atom is 0.518 e. The van der Waals surface area contributed by atoms with E-state index in [4.69, 9.17) is 9.47 Å². The van der Waals surface area contributed by atoms with Crippen molar-refractivity contribution in [2.45, 2.75) is 256 Å². The van der Waals surface area contributed by atoms with Crippen molar-refractivity contribution in [1.29, 1.82) is 0 Å². The summed E-state index contributed by atoms with van der Waals surface area (Å²) in [6, 6.07) is 0. The van der Waals surface area contributed by atoms with Crippen LogP contribution in [0.4, 0.5) is 9.59 Å². The molecule has 0 N–H and O–H groups in total. The maximum atomic E-state index is 11.3. The van der Waals surface area contributed by atoms with Crippen LogP contribution in [0.2, 0.25) is 0 Å². The van der Waals surface area contributed by atoms with Crippen LogP contribution >= 0.6 is 0 Å². The molecular formula is C50H86O5. The van der Waals surface area contributed by atoms with Gasteiger partial charge in [0.05, 0.1) is 0 Å². The van der Waals surface area contributed by atoms with Crippen LogP contribution in [0.25, 0.3) is 0 Å². The van der Waals surface area contributed by atoms with Crippen LogP contribution in [0.3, 0.4) is 0 Å². The van der Waals surface area contributed by atoms with Gasteiger partial charge >= 0.3 is 12.3 Å². The Bertz CT molecular complexity index is 883. The molecule has 1 aliphatic heterocycles. The highest BCUT2D eigenvalue weighted by molar-refractivity contribution is 5.77. The zero-order chi connectivity index (χ0) is 39.0. The van der Waals surface area contributed by atoms with Gasteiger partial charge in [0.1, 0.15) is 12.2 Å². The van der Waals surface area contributed by atoms with Crippen LogP contribution in [0.1, 0.15) is 244 Å². The molecule has 1 heterocycles. The summed E-state index contributed by atoms with van der Waals surface area (Å²) in [5, 5.41) is 0. The molecule has 0 saturated carbocycles. The van der Waals surface area contributed by atoms with Gasteiger partial charge in [-0.2, -0.15) is 0 Å². The summed E-state index contributed by atoms with van der Waals surface area (Å²) in [6.45, 7) is 0. The molecule has 5 rings (SSSR count). The summed E-state index contributed by atoms with van der Waals surface area (Å²) >= 11 is 0. The summed E-state index contributed by atoms with van der Waals surface area (Å²) in [6.07, 6.45) is 66.3. The second kappa shape index (κ2) is 38.6. The highest BCUT2D eigenvalue weighted by Crippen LogP contribution is 2.23. The Morgan fingerprint density at radius 1 is 0.273 bits per heavy atom. The third-order valence-corrected chi connectivity index (χ3v) is 11.4. The summed E-state index contributed by atoms with van der Waals surface area (Å²) in [5.41, 5.74) is 0. The molecule has 5 nitrogen and oxygen atoms in total. The van der Waals surface area contributed by atoms with E-state index in [1.54, 1.807) is 0 Å². The molecule has 4 aliphatic carbocycles. The number of hydrogen-bond acceptors (Lipinski definition) is 5. The summed E-state index contributed by atoms with van der Waals surface area (Å²) in [7, 11) is 0. The minimum atomic E-state index is -0.944. The molecule has 0 spiro atoms. The number of carbonyl (C=O) groups excluding carboxylic acids is 2. The van der Waals surface area contributed by atoms with Crippen LogP contribution in [0.15, 0.2) is 48.6 Å². The van der Waals surface area contributed by atoms with Crippen LogP contribution in [-0.2, 0) is 14.2 Å². The molecule has 0 amide bonds. The molecule has 1 saturated heterocycles. The number of carbonyl (C=O) groups is 2. The van der Waals surface area contributed by atoms with Gasteiger partial charge in [-0.25, -0.2) is 9.59 Å². The highest BCUT2D eigenvalue weighted by atomic mass is 16.8. The lowest BCUT2D eigenvalue weighted by Crippen LogP contribution is -2.31. The average Bonchev–Trinajstić information content (AvgIpc) is 3.29. The first-order chi connectivity index (χ1) is 27.3. The van der Waals surface area contributed by atoms with E-state index >= 15 is 0 Å². The monoisotopic (exact) mass is 767 g/mol. The standard InChI is InChI=1S/C14H20O5.3C12H22/c15-13-17-11-9-7-5-3-1-2-4-6-8-10-12(11)18-14(16)19-13;3*1-2-4-6-8-10-12-11-9-7-5-3-1/h1,3,11-12H,2,4-10H2;3*1-2H,3-12H2/b3-1-;3*2-1-. The fourth-order valence-electron chi connectivity index (χ4n) is 7.92. The average molecular weight is 767 g/mol. The third-order valence-electron chi connectivity index (χ3n) is 11.4. The zero-order valence-electron chi connectivity index (χ0n) is 35.7. The Balaban J connectivity index is 0.000000260. The predicted octanol–water partition coefficient (Wildman–Crippen LogP) is 17.1. The van der Waals surface area contributed by atoms with E-state index in [-0.39, 0.29) is 12.2 Å². The molecular weight excluding hydrogens is 681 g/mol. The van der Waals surface area contributed by atoms with Crippen molar-refractivity contribution in [3.05, 3.63) is 48.6 Å². The van der Waals surface area contributed by atoms with Crippen LogP contribution < -0.4 is 0 Å². The fraction of sp³-hybridized carbons (Fsp3) is 0.800. The molecule has 1 fully saturated rings. The van der Waals surface area contributed by atoms with E-state index in [0.29, 0.717) is 6.42 Å². The van der Waals surface area contributed by atoms with E-state index < -0.39 is 12.3 Å². The van der Waals surface area contributed by atoms with Crippen molar-refractivity contribution in [1.82, 2.24) is 0 Å². The van der Waals surface area contributed by atoms with Crippen molar-refractivity contribution >= 4 is 12.3 Å². The minimum Gasteiger partial charge on any atom is -0.427 e. The first-order valence-corrected chi connectivity index (χ1v) is 23.9. The van der Waals surface area contributed by atoms with Gasteiger partial charge in [-0.3, -0.25) is 0 Å². The summed E-state index contributed by atoms with van der Waals surface area (Å²) in [4.78, 5) is 22.5. The predicted molar refractivity (Wildman–Crippen MR) is 234 cm³/mol. The van der Waals surface area contributed by atoms with E-state index in [9.17, 15) is 9.59 Å². The molecule has 0 aromatic rings. The molecule has 5 aliphatic rings. The Labute approximate surface area is 340 Å². The lowest BCUT2D eigenvalue weighted by Gasteiger charge is -2.22. The highest BCUT2D eigenvalue weighted by Gasteiger charge is 2.34. The van der Waals surface area contributed by atoms with Gasteiger partial charge in [0.15, 0.2) is 0 Å². The molecule has 2 atom stereocenters. The summed E-state index contributed by atoms with van der Waals surface area (Å²) in [5.74, 6) is 0. The lowest BCUT2D eigenvalue weighted by molar-refractivity contribution is 0.00330. The Morgan fingerprint density at radius 3 is 0.745 bits per heavy atom. The van der Waals surface area contributed by atoms with Crippen molar-refractivity contribution in [2.75, 3.05) is 0 Å². The van der Waals surface area contributed by atoms with Gasteiger partial charge in [0.25, 0.3) is 0 Å². The van der Waals surface area contributed by atoms with Crippen LogP contribution in [0.5, 0.6) is 0 Å². The van der Waals surface area contributed by atoms with Crippen molar-refractivity contribution in [3.63, 3.8) is 0 Å². The number of cyclic esters (lactones) is 2. The van der Waals surface area contributed by atoms with Gasteiger partial charge in [0, 0.05) is 0 Å². The molecule has 316 valence electrons. The molecule has 55 heavy (non-hydrogen) atoms. The third kappa shape index (κ3) is 32.5. The van der Waals surface area contributed by atoms with Gasteiger partial charge < -0.3 is 14.2 Å². The first-order valence-electron chi connectivity index (χ1n) is 23.9. The number of fused-ring (bicyclic) bond motifs is 1. The Kier molecular flexibility index (Phi) is 34.3. The Morgan fingerprint density at radius 2 is 0.473 bits per heavy atom. The molecule has 0 bridgehead atoms. The van der Waals surface area contributed by atoms with E-state index in [2.05, 4.69) is 53.3 Å². The molecule has 0 radical (unpaired) electrons. The van der Waals surface area contributed by atoms with E-state index in [1.807, 2.05) is 0 Å². The van der Waals surface area contributed by atoms with Gasteiger partial charge in [-0.15, -0.1) is 0 Å². The fourth-order valence-corrected chi connectivity index (χ4v) is 7.92. The summed E-state index contributed by atoms with van der Waals surface area (Å²) < 4.78 is 14.7. The molecule has 2 unspecified atom stereocenters. The quantitative estimate of drug-likeness (QED) is 0.140. The second-order valence-corrected chi connectivity index (χ2v) is 16.6. The number of ether oxygens (including phenoxy) is 3. The van der Waals surface area contributed by atoms with E-state index in [0.717, 1.165) is 44.9 Å². The normalized spacial score (nSPS) is 27.4. The molecule has 0 aromatic heterocycles. The zero-order valence-corrected chi connectivity index (χ0v) is 35.7. The van der Waals surface area contributed by atoms with Crippen LogP contribution in [-0.4, -0.2) is 24.5 Å². The van der Waals surface area contributed by atoms with E-state index in [1.165, 1.54) is 193 Å². The Hall–Kier alpha value is -2.30. The minimum absolute atomic E-state index is 0.373. The maximum absolute atomic E-state index is 11.3. The SMILES string of the molecule is C1=C\CCCCCCCCCC/1.C1=C\CCCCCCCCCC/1.C1=C\CCCCCCCCCC/1.O=C1OC(=O)OC2CCCCC/C=C\CCCC2O1. The van der Waals surface area contributed by atoms with Gasteiger partial charge in [-0.05, 0) is 122 Å². The number of rotatable bonds is 0. The topological polar surface area (TPSA) is 61.8 Å². The second-order valence-electron chi connectivity index (χ2n) is 16.6. The smallest absolute Gasteiger partial charge is 0.427 e.